The molecule has 0 aromatic heterocycles. The first-order chi connectivity index (χ1) is 16.3. The Hall–Kier alpha value is -3.92. The average Bonchev–Trinajstić information content (AvgIpc) is 2.83. The molecule has 1 unspecified atom stereocenters. The first kappa shape index (κ1) is 23.2. The highest BCUT2D eigenvalue weighted by Gasteiger charge is 2.16. The third-order valence-electron chi connectivity index (χ3n) is 6.28. The highest BCUT2D eigenvalue weighted by atomic mass is 16.5. The number of carbonyl (C=O) groups excluding carboxylic acids is 2. The van der Waals surface area contributed by atoms with E-state index in [1.54, 1.807) is 24.3 Å². The van der Waals surface area contributed by atoms with E-state index in [9.17, 15) is 9.59 Å². The predicted molar refractivity (Wildman–Crippen MR) is 133 cm³/mol. The lowest BCUT2D eigenvalue weighted by Crippen LogP contribution is -2.09. The summed E-state index contributed by atoms with van der Waals surface area (Å²) in [4.78, 5) is 24.9. The summed E-state index contributed by atoms with van der Waals surface area (Å²) in [5.41, 5.74) is 6.58. The van der Waals surface area contributed by atoms with Gasteiger partial charge in [-0.1, -0.05) is 30.3 Å². The lowest BCUT2D eigenvalue weighted by Gasteiger charge is -2.17. The Balaban J connectivity index is 1.34. The number of aryl methyl sites for hydroxylation is 4. The molecule has 4 heteroatoms. The fourth-order valence-corrected chi connectivity index (χ4v) is 3.78. The van der Waals surface area contributed by atoms with Crippen molar-refractivity contribution in [2.75, 3.05) is 0 Å². The van der Waals surface area contributed by atoms with Crippen molar-refractivity contribution in [2.24, 2.45) is 0 Å². The summed E-state index contributed by atoms with van der Waals surface area (Å²) in [5.74, 6) is 0.497. The zero-order valence-electron chi connectivity index (χ0n) is 19.9. The number of esters is 2. The number of hydrogen-bond donors (Lipinski definition) is 0. The zero-order chi connectivity index (χ0) is 24.2. The fraction of sp³-hybridized carbons (Fsp3) is 0.200. The molecular weight excluding hydrogens is 424 g/mol. The fourth-order valence-electron chi connectivity index (χ4n) is 3.78. The van der Waals surface area contributed by atoms with Crippen LogP contribution in [0.15, 0.2) is 84.7 Å². The maximum atomic E-state index is 12.5. The Morgan fingerprint density at radius 1 is 0.706 bits per heavy atom. The van der Waals surface area contributed by atoms with Crippen molar-refractivity contribution >= 4 is 11.9 Å². The molecule has 0 N–H and O–H groups in total. The smallest absolute Gasteiger partial charge is 0.343 e. The number of allylic oxidation sites excluding steroid dienone is 3. The van der Waals surface area contributed by atoms with Crippen molar-refractivity contribution in [3.63, 3.8) is 0 Å². The van der Waals surface area contributed by atoms with Crippen LogP contribution < -0.4 is 4.74 Å². The van der Waals surface area contributed by atoms with Crippen molar-refractivity contribution in [1.29, 1.82) is 0 Å². The normalized spacial score (nSPS) is 14.9. The van der Waals surface area contributed by atoms with Gasteiger partial charge in [-0.2, -0.15) is 0 Å². The van der Waals surface area contributed by atoms with Crippen LogP contribution in [0.5, 0.6) is 5.75 Å². The molecule has 34 heavy (non-hydrogen) atoms. The SMILES string of the molecule is Cc1ccc(C(=O)OC2=CCC(c3ccc(OC(=O)c4ccc(C)c(C)c4)cc3)C=C2)cc1C. The van der Waals surface area contributed by atoms with Crippen LogP contribution in [-0.2, 0) is 4.74 Å². The standard InChI is InChI=1S/C30H28O4/c1-19-5-7-25(17-21(19)3)29(31)33-27-13-9-23(10-14-27)24-11-15-28(16-12-24)34-30(32)26-8-6-20(2)22(4)18-26/h5-11,13-18,24H,12H2,1-4H3. The molecule has 172 valence electrons. The molecule has 0 aliphatic heterocycles. The largest absolute Gasteiger partial charge is 0.423 e. The molecule has 4 nitrogen and oxygen atoms in total. The summed E-state index contributed by atoms with van der Waals surface area (Å²) in [6.45, 7) is 7.98. The molecule has 4 rings (SSSR count). The summed E-state index contributed by atoms with van der Waals surface area (Å²) in [6, 6.07) is 18.6. The number of carbonyl (C=O) groups is 2. The minimum Gasteiger partial charge on any atom is -0.423 e. The van der Waals surface area contributed by atoms with Crippen LogP contribution in [0, 0.1) is 27.7 Å². The second kappa shape index (κ2) is 9.92. The van der Waals surface area contributed by atoms with Crippen LogP contribution in [0.4, 0.5) is 0 Å². The second-order valence-corrected chi connectivity index (χ2v) is 8.75. The van der Waals surface area contributed by atoms with E-state index in [0.717, 1.165) is 27.8 Å². The van der Waals surface area contributed by atoms with Crippen LogP contribution in [0.1, 0.15) is 60.9 Å². The van der Waals surface area contributed by atoms with Crippen LogP contribution in [0.25, 0.3) is 0 Å². The molecule has 0 heterocycles. The third kappa shape index (κ3) is 5.34. The lowest BCUT2D eigenvalue weighted by atomic mass is 9.92. The van der Waals surface area contributed by atoms with Crippen LogP contribution in [-0.4, -0.2) is 11.9 Å². The molecule has 0 saturated heterocycles. The van der Waals surface area contributed by atoms with Gasteiger partial charge in [0.05, 0.1) is 11.1 Å². The molecule has 0 fully saturated rings. The summed E-state index contributed by atoms with van der Waals surface area (Å²) < 4.78 is 11.1. The topological polar surface area (TPSA) is 52.6 Å². The molecule has 0 saturated carbocycles. The molecule has 0 radical (unpaired) electrons. The molecule has 1 aliphatic carbocycles. The lowest BCUT2D eigenvalue weighted by molar-refractivity contribution is 0.0634. The molecular formula is C30H28O4. The highest BCUT2D eigenvalue weighted by molar-refractivity contribution is 5.91. The van der Waals surface area contributed by atoms with Gasteiger partial charge in [0.1, 0.15) is 11.5 Å². The van der Waals surface area contributed by atoms with Gasteiger partial charge in [-0.25, -0.2) is 9.59 Å². The molecule has 0 amide bonds. The van der Waals surface area contributed by atoms with Crippen molar-refractivity contribution < 1.29 is 19.1 Å². The minimum atomic E-state index is -0.369. The second-order valence-electron chi connectivity index (χ2n) is 8.75. The summed E-state index contributed by atoms with van der Waals surface area (Å²) >= 11 is 0. The Morgan fingerprint density at radius 3 is 1.76 bits per heavy atom. The molecule has 0 bridgehead atoms. The van der Waals surface area contributed by atoms with E-state index in [4.69, 9.17) is 9.47 Å². The molecule has 3 aromatic rings. The van der Waals surface area contributed by atoms with Gasteiger partial charge in [-0.05, 0) is 110 Å². The van der Waals surface area contributed by atoms with Gasteiger partial charge < -0.3 is 9.47 Å². The van der Waals surface area contributed by atoms with Crippen molar-refractivity contribution in [3.8, 4) is 5.75 Å². The molecule has 0 spiro atoms. The number of rotatable bonds is 5. The Labute approximate surface area is 200 Å². The highest BCUT2D eigenvalue weighted by Crippen LogP contribution is 2.29. The van der Waals surface area contributed by atoms with Gasteiger partial charge in [0.2, 0.25) is 0 Å². The number of benzene rings is 3. The van der Waals surface area contributed by atoms with Gasteiger partial charge in [-0.15, -0.1) is 0 Å². The first-order valence-corrected chi connectivity index (χ1v) is 11.4. The zero-order valence-corrected chi connectivity index (χ0v) is 19.9. The van der Waals surface area contributed by atoms with E-state index in [1.165, 1.54) is 0 Å². The third-order valence-corrected chi connectivity index (χ3v) is 6.28. The van der Waals surface area contributed by atoms with Crippen molar-refractivity contribution in [3.05, 3.63) is 124 Å². The van der Waals surface area contributed by atoms with E-state index in [0.29, 0.717) is 29.1 Å². The maximum Gasteiger partial charge on any atom is 0.343 e. The summed E-state index contributed by atoms with van der Waals surface area (Å²) in [5, 5.41) is 0. The Morgan fingerprint density at radius 2 is 1.26 bits per heavy atom. The Kier molecular flexibility index (Phi) is 6.78. The summed E-state index contributed by atoms with van der Waals surface area (Å²) in [7, 11) is 0. The van der Waals surface area contributed by atoms with Crippen LogP contribution >= 0.6 is 0 Å². The quantitative estimate of drug-likeness (QED) is 0.311. The van der Waals surface area contributed by atoms with Crippen LogP contribution in [0.2, 0.25) is 0 Å². The number of ether oxygens (including phenoxy) is 2. The van der Waals surface area contributed by atoms with E-state index < -0.39 is 0 Å². The monoisotopic (exact) mass is 452 g/mol. The van der Waals surface area contributed by atoms with Crippen molar-refractivity contribution in [1.82, 2.24) is 0 Å². The van der Waals surface area contributed by atoms with E-state index in [2.05, 4.69) is 0 Å². The van der Waals surface area contributed by atoms with Crippen LogP contribution in [0.3, 0.4) is 0 Å². The minimum absolute atomic E-state index is 0.161. The molecule has 1 aliphatic rings. The van der Waals surface area contributed by atoms with Crippen molar-refractivity contribution in [2.45, 2.75) is 40.0 Å². The van der Waals surface area contributed by atoms with Gasteiger partial charge in [-0.3, -0.25) is 0 Å². The van der Waals surface area contributed by atoms with Gasteiger partial charge in [0, 0.05) is 5.92 Å². The maximum absolute atomic E-state index is 12.5. The molecule has 3 aromatic carbocycles. The Bertz CT molecular complexity index is 1300. The van der Waals surface area contributed by atoms with Gasteiger partial charge >= 0.3 is 11.9 Å². The summed E-state index contributed by atoms with van der Waals surface area (Å²) in [6.07, 6.45) is 6.50. The molecule has 1 atom stereocenters. The first-order valence-electron chi connectivity index (χ1n) is 11.4. The predicted octanol–water partition coefficient (Wildman–Crippen LogP) is 6.92. The number of hydrogen-bond acceptors (Lipinski definition) is 4. The van der Waals surface area contributed by atoms with E-state index in [1.807, 2.05) is 82.3 Å². The van der Waals surface area contributed by atoms with Gasteiger partial charge in [0.15, 0.2) is 0 Å². The van der Waals surface area contributed by atoms with E-state index in [-0.39, 0.29) is 17.9 Å². The average molecular weight is 453 g/mol. The van der Waals surface area contributed by atoms with E-state index >= 15 is 0 Å². The van der Waals surface area contributed by atoms with Gasteiger partial charge in [0.25, 0.3) is 0 Å².